The number of hydrogen-bond acceptors (Lipinski definition) is 3. The molecule has 1 aromatic heterocycles. The van der Waals surface area contributed by atoms with Crippen molar-refractivity contribution in [3.8, 4) is 0 Å². The zero-order valence-electron chi connectivity index (χ0n) is 9.16. The van der Waals surface area contributed by atoms with E-state index in [4.69, 9.17) is 11.6 Å². The van der Waals surface area contributed by atoms with Gasteiger partial charge in [0, 0.05) is 5.69 Å². The van der Waals surface area contributed by atoms with Crippen LogP contribution < -0.4 is 5.32 Å². The lowest BCUT2D eigenvalue weighted by Crippen LogP contribution is -1.97. The predicted octanol–water partition coefficient (Wildman–Crippen LogP) is 3.49. The zero-order chi connectivity index (χ0) is 11.5. The van der Waals surface area contributed by atoms with E-state index in [-0.39, 0.29) is 0 Å². The first-order chi connectivity index (χ1) is 7.65. The van der Waals surface area contributed by atoms with Gasteiger partial charge in [0.15, 0.2) is 11.0 Å². The highest BCUT2D eigenvalue weighted by atomic mass is 35.5. The van der Waals surface area contributed by atoms with Crippen LogP contribution in [0, 0.1) is 13.8 Å². The number of benzene rings is 1. The van der Waals surface area contributed by atoms with Gasteiger partial charge in [0.2, 0.25) is 0 Å². The maximum absolute atomic E-state index is 5.67. The molecule has 0 aliphatic heterocycles. The predicted molar refractivity (Wildman–Crippen MR) is 66.2 cm³/mol. The van der Waals surface area contributed by atoms with Crippen molar-refractivity contribution in [3.63, 3.8) is 0 Å². The quantitative estimate of drug-likeness (QED) is 0.863. The van der Waals surface area contributed by atoms with Gasteiger partial charge in [-0.25, -0.2) is 0 Å². The summed E-state index contributed by atoms with van der Waals surface area (Å²) in [4.78, 5) is 0. The molecular weight excluding hydrogens is 222 g/mol. The summed E-state index contributed by atoms with van der Waals surface area (Å²) in [6, 6.07) is 9.74. The average Bonchev–Trinajstić information content (AvgIpc) is 2.27. The molecule has 0 spiro atoms. The lowest BCUT2D eigenvalue weighted by atomic mass is 10.1. The number of rotatable bonds is 2. The van der Waals surface area contributed by atoms with Crippen LogP contribution in [-0.2, 0) is 0 Å². The summed E-state index contributed by atoms with van der Waals surface area (Å²) < 4.78 is 0. The highest BCUT2D eigenvalue weighted by Crippen LogP contribution is 2.20. The summed E-state index contributed by atoms with van der Waals surface area (Å²) in [6.07, 6.45) is 0. The Kier molecular flexibility index (Phi) is 3.06. The molecule has 2 rings (SSSR count). The van der Waals surface area contributed by atoms with E-state index in [2.05, 4.69) is 40.6 Å². The topological polar surface area (TPSA) is 37.8 Å². The fourth-order valence-electron chi connectivity index (χ4n) is 1.39. The molecule has 0 aliphatic rings. The van der Waals surface area contributed by atoms with Gasteiger partial charge in [-0.1, -0.05) is 23.7 Å². The Morgan fingerprint density at radius 1 is 1.06 bits per heavy atom. The van der Waals surface area contributed by atoms with E-state index in [1.54, 1.807) is 12.1 Å². The molecule has 0 unspecified atom stereocenters. The van der Waals surface area contributed by atoms with Crippen LogP contribution in [0.2, 0.25) is 5.15 Å². The normalized spacial score (nSPS) is 10.2. The van der Waals surface area contributed by atoms with E-state index in [9.17, 15) is 0 Å². The highest BCUT2D eigenvalue weighted by Gasteiger charge is 2.00. The SMILES string of the molecule is Cc1ccc(C)c(Nc2ccc(Cl)nn2)c1. The Labute approximate surface area is 99.5 Å². The lowest BCUT2D eigenvalue weighted by molar-refractivity contribution is 1.04. The van der Waals surface area contributed by atoms with Crippen LogP contribution in [0.3, 0.4) is 0 Å². The van der Waals surface area contributed by atoms with Gasteiger partial charge in [0.25, 0.3) is 0 Å². The van der Waals surface area contributed by atoms with E-state index in [0.717, 1.165) is 5.69 Å². The Hall–Kier alpha value is -1.61. The summed E-state index contributed by atoms with van der Waals surface area (Å²) in [5, 5.41) is 11.3. The van der Waals surface area contributed by atoms with E-state index >= 15 is 0 Å². The summed E-state index contributed by atoms with van der Waals surface area (Å²) in [5.74, 6) is 0.693. The summed E-state index contributed by atoms with van der Waals surface area (Å²) >= 11 is 5.67. The monoisotopic (exact) mass is 233 g/mol. The Balaban J connectivity index is 2.26. The van der Waals surface area contributed by atoms with Crippen molar-refractivity contribution in [3.05, 3.63) is 46.6 Å². The van der Waals surface area contributed by atoms with Crippen molar-refractivity contribution in [1.82, 2.24) is 10.2 Å². The van der Waals surface area contributed by atoms with Gasteiger partial charge in [0.1, 0.15) is 0 Å². The fraction of sp³-hybridized carbons (Fsp3) is 0.167. The van der Waals surface area contributed by atoms with Crippen molar-refractivity contribution in [2.45, 2.75) is 13.8 Å². The number of aromatic nitrogens is 2. The zero-order valence-corrected chi connectivity index (χ0v) is 9.92. The second kappa shape index (κ2) is 4.49. The van der Waals surface area contributed by atoms with Gasteiger partial charge >= 0.3 is 0 Å². The first kappa shape index (κ1) is 10.9. The maximum atomic E-state index is 5.67. The van der Waals surface area contributed by atoms with Crippen LogP contribution in [0.4, 0.5) is 11.5 Å². The fourth-order valence-corrected chi connectivity index (χ4v) is 1.49. The van der Waals surface area contributed by atoms with Crippen molar-refractivity contribution in [2.75, 3.05) is 5.32 Å². The molecule has 0 fully saturated rings. The van der Waals surface area contributed by atoms with Crippen LogP contribution in [0.1, 0.15) is 11.1 Å². The average molecular weight is 234 g/mol. The highest BCUT2D eigenvalue weighted by molar-refractivity contribution is 6.29. The molecule has 0 saturated heterocycles. The molecule has 3 nitrogen and oxygen atoms in total. The molecule has 0 amide bonds. The molecule has 1 N–H and O–H groups in total. The van der Waals surface area contributed by atoms with Crippen molar-refractivity contribution in [2.24, 2.45) is 0 Å². The largest absolute Gasteiger partial charge is 0.339 e. The number of nitrogens with one attached hydrogen (secondary N) is 1. The number of aryl methyl sites for hydroxylation is 2. The third kappa shape index (κ3) is 2.49. The third-order valence-electron chi connectivity index (χ3n) is 2.29. The first-order valence-corrected chi connectivity index (χ1v) is 5.36. The van der Waals surface area contributed by atoms with Gasteiger partial charge < -0.3 is 5.32 Å². The molecule has 0 radical (unpaired) electrons. The van der Waals surface area contributed by atoms with Crippen molar-refractivity contribution < 1.29 is 0 Å². The number of anilines is 2. The van der Waals surface area contributed by atoms with Gasteiger partial charge in [0.05, 0.1) is 0 Å². The molecule has 0 atom stereocenters. The minimum absolute atomic E-state index is 0.395. The standard InChI is InChI=1S/C12H12ClN3/c1-8-3-4-9(2)10(7-8)14-12-6-5-11(13)15-16-12/h3-7H,1-2H3,(H,14,16). The van der Waals surface area contributed by atoms with E-state index in [1.807, 2.05) is 6.92 Å². The van der Waals surface area contributed by atoms with Gasteiger partial charge in [-0.2, -0.15) is 0 Å². The maximum Gasteiger partial charge on any atom is 0.153 e. The molecule has 0 saturated carbocycles. The second-order valence-corrected chi connectivity index (χ2v) is 4.07. The molecule has 82 valence electrons. The number of hydrogen-bond donors (Lipinski definition) is 1. The van der Waals surface area contributed by atoms with Gasteiger partial charge in [-0.3, -0.25) is 0 Å². The van der Waals surface area contributed by atoms with Crippen molar-refractivity contribution in [1.29, 1.82) is 0 Å². The van der Waals surface area contributed by atoms with E-state index in [1.165, 1.54) is 11.1 Å². The Morgan fingerprint density at radius 2 is 1.88 bits per heavy atom. The molecule has 1 aromatic carbocycles. The Morgan fingerprint density at radius 3 is 2.56 bits per heavy atom. The Bertz CT molecular complexity index is 494. The minimum atomic E-state index is 0.395. The number of halogens is 1. The molecular formula is C12H12ClN3. The molecule has 4 heteroatoms. The molecule has 1 heterocycles. The van der Waals surface area contributed by atoms with Gasteiger partial charge in [-0.15, -0.1) is 10.2 Å². The molecule has 16 heavy (non-hydrogen) atoms. The smallest absolute Gasteiger partial charge is 0.153 e. The van der Waals surface area contributed by atoms with E-state index < -0.39 is 0 Å². The van der Waals surface area contributed by atoms with E-state index in [0.29, 0.717) is 11.0 Å². The van der Waals surface area contributed by atoms with Crippen LogP contribution in [0.25, 0.3) is 0 Å². The van der Waals surface area contributed by atoms with Crippen LogP contribution in [-0.4, -0.2) is 10.2 Å². The summed E-state index contributed by atoms with van der Waals surface area (Å²) in [7, 11) is 0. The van der Waals surface area contributed by atoms with Gasteiger partial charge in [-0.05, 0) is 43.2 Å². The lowest BCUT2D eigenvalue weighted by Gasteiger charge is -2.08. The summed E-state index contributed by atoms with van der Waals surface area (Å²) in [6.45, 7) is 4.10. The molecule has 0 bridgehead atoms. The minimum Gasteiger partial charge on any atom is -0.339 e. The number of nitrogens with zero attached hydrogens (tertiary/aromatic N) is 2. The summed E-state index contributed by atoms with van der Waals surface area (Å²) in [5.41, 5.74) is 3.41. The third-order valence-corrected chi connectivity index (χ3v) is 2.49. The van der Waals surface area contributed by atoms with Crippen LogP contribution >= 0.6 is 11.6 Å². The van der Waals surface area contributed by atoms with Crippen molar-refractivity contribution >= 4 is 23.1 Å². The second-order valence-electron chi connectivity index (χ2n) is 3.68. The first-order valence-electron chi connectivity index (χ1n) is 4.98. The van der Waals surface area contributed by atoms with Crippen LogP contribution in [0.15, 0.2) is 30.3 Å². The molecule has 2 aromatic rings. The molecule has 0 aliphatic carbocycles. The van der Waals surface area contributed by atoms with Crippen LogP contribution in [0.5, 0.6) is 0 Å².